The fourth-order valence-corrected chi connectivity index (χ4v) is 2.67. The number of nitrogens with zero attached hydrogens (tertiary/aromatic N) is 1. The molecule has 1 heterocycles. The van der Waals surface area contributed by atoms with E-state index in [1.165, 1.54) is 22.4 Å². The van der Waals surface area contributed by atoms with E-state index in [0.717, 1.165) is 12.1 Å². The lowest BCUT2D eigenvalue weighted by Crippen LogP contribution is -2.00. The van der Waals surface area contributed by atoms with Gasteiger partial charge in [-0.3, -0.25) is 0 Å². The Kier molecular flexibility index (Phi) is 4.50. The molecule has 0 fully saturated rings. The summed E-state index contributed by atoms with van der Waals surface area (Å²) < 4.78 is 4.49. The van der Waals surface area contributed by atoms with Gasteiger partial charge in [-0.25, -0.2) is 0 Å². The Labute approximate surface area is 113 Å². The number of aromatic nitrogens is 1. The fraction of sp³-hybridized carbons (Fsp3) is 0.400. The van der Waals surface area contributed by atoms with Crippen LogP contribution < -0.4 is 5.73 Å². The molecule has 2 nitrogen and oxygen atoms in total. The third-order valence-corrected chi connectivity index (χ3v) is 4.18. The summed E-state index contributed by atoms with van der Waals surface area (Å²) >= 11 is 1.55. The first-order valence-electron chi connectivity index (χ1n) is 6.50. The summed E-state index contributed by atoms with van der Waals surface area (Å²) in [6.45, 7) is 5.17. The molecule has 1 atom stereocenters. The smallest absolute Gasteiger partial charge is 0.0843 e. The molecule has 3 heteroatoms. The summed E-state index contributed by atoms with van der Waals surface area (Å²) in [7, 11) is 0. The molecule has 18 heavy (non-hydrogen) atoms. The van der Waals surface area contributed by atoms with Gasteiger partial charge in [-0.15, -0.1) is 0 Å². The molecular formula is C15H20N2S. The summed E-state index contributed by atoms with van der Waals surface area (Å²) in [5.41, 5.74) is 9.22. The number of nitrogens with two attached hydrogens (primary N) is 1. The van der Waals surface area contributed by atoms with Crippen LogP contribution in [0, 0.1) is 0 Å². The minimum absolute atomic E-state index is 0.627. The minimum Gasteiger partial charge on any atom is -0.330 e. The van der Waals surface area contributed by atoms with Gasteiger partial charge >= 0.3 is 0 Å². The second-order valence-electron chi connectivity index (χ2n) is 4.65. The van der Waals surface area contributed by atoms with E-state index in [2.05, 4.69) is 48.6 Å². The topological polar surface area (TPSA) is 38.9 Å². The fourth-order valence-electron chi connectivity index (χ4n) is 1.93. The van der Waals surface area contributed by atoms with Crippen molar-refractivity contribution in [2.75, 3.05) is 6.54 Å². The second kappa shape index (κ2) is 6.12. The van der Waals surface area contributed by atoms with Crippen LogP contribution in [0.25, 0.3) is 11.3 Å². The largest absolute Gasteiger partial charge is 0.330 e. The molecular weight excluding hydrogens is 240 g/mol. The zero-order chi connectivity index (χ0) is 13.0. The summed E-state index contributed by atoms with van der Waals surface area (Å²) in [6, 6.07) is 10.9. The number of benzene rings is 1. The van der Waals surface area contributed by atoms with E-state index >= 15 is 0 Å². The Morgan fingerprint density at radius 1 is 1.28 bits per heavy atom. The van der Waals surface area contributed by atoms with E-state index < -0.39 is 0 Å². The van der Waals surface area contributed by atoms with Gasteiger partial charge in [0.25, 0.3) is 0 Å². The molecule has 0 aliphatic heterocycles. The molecule has 0 amide bonds. The van der Waals surface area contributed by atoms with E-state index in [9.17, 15) is 0 Å². The van der Waals surface area contributed by atoms with Crippen molar-refractivity contribution in [3.63, 3.8) is 0 Å². The molecule has 1 aromatic carbocycles. The molecule has 2 N–H and O–H groups in total. The van der Waals surface area contributed by atoms with Gasteiger partial charge in [-0.1, -0.05) is 38.1 Å². The van der Waals surface area contributed by atoms with Gasteiger partial charge in [0.05, 0.1) is 5.69 Å². The standard InChI is InChI=1S/C15H20N2S/c1-3-11(2)12-4-6-13(7-5-12)15-10-14(8-9-16)18-17-15/h4-7,10-11H,3,8-9,16H2,1-2H3. The first-order chi connectivity index (χ1) is 8.74. The van der Waals surface area contributed by atoms with Crippen molar-refractivity contribution < 1.29 is 0 Å². The van der Waals surface area contributed by atoms with Gasteiger partial charge in [0, 0.05) is 10.4 Å². The summed E-state index contributed by atoms with van der Waals surface area (Å²) in [4.78, 5) is 1.26. The Morgan fingerprint density at radius 2 is 2.00 bits per heavy atom. The highest BCUT2D eigenvalue weighted by Crippen LogP contribution is 2.25. The predicted molar refractivity (Wildman–Crippen MR) is 79.0 cm³/mol. The molecule has 0 spiro atoms. The number of hydrogen-bond acceptors (Lipinski definition) is 3. The molecule has 2 rings (SSSR count). The average Bonchev–Trinajstić information content (AvgIpc) is 2.87. The lowest BCUT2D eigenvalue weighted by Gasteiger charge is -2.08. The van der Waals surface area contributed by atoms with E-state index in [4.69, 9.17) is 5.73 Å². The summed E-state index contributed by atoms with van der Waals surface area (Å²) in [6.07, 6.45) is 2.10. The van der Waals surface area contributed by atoms with Crippen LogP contribution in [0.1, 0.15) is 36.6 Å². The molecule has 1 unspecified atom stereocenters. The van der Waals surface area contributed by atoms with Crippen LogP contribution in [0.15, 0.2) is 30.3 Å². The Hall–Kier alpha value is -1.19. The monoisotopic (exact) mass is 260 g/mol. The molecule has 96 valence electrons. The number of rotatable bonds is 5. The third kappa shape index (κ3) is 2.98. The highest BCUT2D eigenvalue weighted by atomic mass is 32.1. The van der Waals surface area contributed by atoms with Crippen LogP contribution in [0.2, 0.25) is 0 Å². The lowest BCUT2D eigenvalue weighted by atomic mass is 9.97. The van der Waals surface area contributed by atoms with Crippen LogP contribution >= 0.6 is 11.5 Å². The quantitative estimate of drug-likeness (QED) is 0.887. The zero-order valence-electron chi connectivity index (χ0n) is 11.0. The van der Waals surface area contributed by atoms with Gasteiger partial charge in [0.15, 0.2) is 0 Å². The Balaban J connectivity index is 2.17. The van der Waals surface area contributed by atoms with Crippen LogP contribution in [0.3, 0.4) is 0 Å². The Bertz CT molecular complexity index is 487. The average molecular weight is 260 g/mol. The van der Waals surface area contributed by atoms with E-state index in [1.807, 2.05) is 0 Å². The van der Waals surface area contributed by atoms with Crippen molar-refractivity contribution in [1.82, 2.24) is 4.37 Å². The van der Waals surface area contributed by atoms with E-state index in [-0.39, 0.29) is 0 Å². The summed E-state index contributed by atoms with van der Waals surface area (Å²) in [5.74, 6) is 0.627. The lowest BCUT2D eigenvalue weighted by molar-refractivity contribution is 0.734. The minimum atomic E-state index is 0.627. The van der Waals surface area contributed by atoms with Crippen LogP contribution in [0.5, 0.6) is 0 Å². The SMILES string of the molecule is CCC(C)c1ccc(-c2cc(CCN)sn2)cc1. The maximum absolute atomic E-state index is 5.56. The zero-order valence-corrected chi connectivity index (χ0v) is 11.8. The van der Waals surface area contributed by atoms with Crippen molar-refractivity contribution in [2.45, 2.75) is 32.6 Å². The van der Waals surface area contributed by atoms with Crippen molar-refractivity contribution in [1.29, 1.82) is 0 Å². The molecule has 0 bridgehead atoms. The van der Waals surface area contributed by atoms with Crippen LogP contribution in [-0.2, 0) is 6.42 Å². The maximum atomic E-state index is 5.56. The number of hydrogen-bond donors (Lipinski definition) is 1. The van der Waals surface area contributed by atoms with Crippen LogP contribution in [-0.4, -0.2) is 10.9 Å². The highest BCUT2D eigenvalue weighted by Gasteiger charge is 2.06. The second-order valence-corrected chi connectivity index (χ2v) is 5.54. The van der Waals surface area contributed by atoms with Crippen molar-refractivity contribution in [2.24, 2.45) is 5.73 Å². The predicted octanol–water partition coefficient (Wildman–Crippen LogP) is 3.82. The van der Waals surface area contributed by atoms with Gasteiger partial charge in [-0.2, -0.15) is 4.37 Å². The molecule has 0 aliphatic carbocycles. The molecule has 1 aromatic heterocycles. The maximum Gasteiger partial charge on any atom is 0.0843 e. The molecule has 0 aliphatic rings. The normalized spacial score (nSPS) is 12.6. The molecule has 2 aromatic rings. The highest BCUT2D eigenvalue weighted by molar-refractivity contribution is 7.06. The van der Waals surface area contributed by atoms with Gasteiger partial charge < -0.3 is 5.73 Å². The van der Waals surface area contributed by atoms with Gasteiger partial charge in [0.1, 0.15) is 0 Å². The Morgan fingerprint density at radius 3 is 2.61 bits per heavy atom. The molecule has 0 radical (unpaired) electrons. The van der Waals surface area contributed by atoms with Crippen LogP contribution in [0.4, 0.5) is 0 Å². The van der Waals surface area contributed by atoms with E-state index in [1.54, 1.807) is 11.5 Å². The summed E-state index contributed by atoms with van der Waals surface area (Å²) in [5, 5.41) is 0. The molecule has 0 saturated heterocycles. The molecule has 0 saturated carbocycles. The van der Waals surface area contributed by atoms with Gasteiger partial charge in [0.2, 0.25) is 0 Å². The van der Waals surface area contributed by atoms with Crippen molar-refractivity contribution in [3.05, 3.63) is 40.8 Å². The first kappa shape index (κ1) is 13.2. The third-order valence-electron chi connectivity index (χ3n) is 3.34. The van der Waals surface area contributed by atoms with Gasteiger partial charge in [-0.05, 0) is 48.5 Å². The first-order valence-corrected chi connectivity index (χ1v) is 7.28. The van der Waals surface area contributed by atoms with Crippen molar-refractivity contribution >= 4 is 11.5 Å². The van der Waals surface area contributed by atoms with E-state index in [0.29, 0.717) is 12.5 Å². The van der Waals surface area contributed by atoms with Crippen molar-refractivity contribution in [3.8, 4) is 11.3 Å².